The van der Waals surface area contributed by atoms with Gasteiger partial charge in [-0.1, -0.05) is 19.1 Å². The zero-order chi connectivity index (χ0) is 26.7. The summed E-state index contributed by atoms with van der Waals surface area (Å²) in [6, 6.07) is 9.73. The van der Waals surface area contributed by atoms with E-state index in [4.69, 9.17) is 9.47 Å². The van der Waals surface area contributed by atoms with Gasteiger partial charge >= 0.3 is 12.1 Å². The van der Waals surface area contributed by atoms with Crippen LogP contribution in [0.25, 0.3) is 5.65 Å². The zero-order valence-corrected chi connectivity index (χ0v) is 21.5. The molecule has 3 aromatic rings. The van der Waals surface area contributed by atoms with Crippen molar-refractivity contribution in [3.05, 3.63) is 53.3 Å². The van der Waals surface area contributed by atoms with E-state index in [1.165, 1.54) is 17.2 Å². The maximum absolute atomic E-state index is 13.0. The van der Waals surface area contributed by atoms with Crippen LogP contribution >= 0.6 is 0 Å². The third kappa shape index (κ3) is 4.58. The Bertz CT molecular complexity index is 1360. The Balaban J connectivity index is 1.17. The van der Waals surface area contributed by atoms with Gasteiger partial charge in [0.15, 0.2) is 11.3 Å². The molecule has 1 spiro atoms. The first-order chi connectivity index (χ1) is 18.2. The van der Waals surface area contributed by atoms with Crippen molar-refractivity contribution in [2.75, 3.05) is 25.1 Å². The Hall–Kier alpha value is -3.30. The van der Waals surface area contributed by atoms with Crippen LogP contribution in [0.4, 0.5) is 19.0 Å². The standard InChI is InChI=1S/C28H31F3N4O3/c1-17(26(36)37-2)25(19-4-5-19)20-6-3-18-9-10-27(38-21(18)15-20)11-13-34(14-12-27)24-8-7-23-32-22(28(29,30)31)16-35(23)33-24/h3,6-8,15-17,19,25H,4-5,9-14H2,1-2H3. The number of alkyl halides is 3. The van der Waals surface area contributed by atoms with Crippen LogP contribution in [0.15, 0.2) is 36.5 Å². The lowest BCUT2D eigenvalue weighted by atomic mass is 9.80. The van der Waals surface area contributed by atoms with E-state index < -0.39 is 11.9 Å². The van der Waals surface area contributed by atoms with E-state index in [2.05, 4.69) is 33.2 Å². The van der Waals surface area contributed by atoms with Gasteiger partial charge in [-0.05, 0) is 66.8 Å². The highest BCUT2D eigenvalue weighted by Gasteiger charge is 2.42. The number of aryl methyl sites for hydroxylation is 1. The summed E-state index contributed by atoms with van der Waals surface area (Å²) in [5.74, 6) is 1.76. The predicted octanol–water partition coefficient (Wildman–Crippen LogP) is 5.42. The molecule has 2 aliphatic heterocycles. The molecule has 2 fully saturated rings. The van der Waals surface area contributed by atoms with Crippen molar-refractivity contribution in [3.8, 4) is 5.75 Å². The monoisotopic (exact) mass is 528 g/mol. The minimum atomic E-state index is -4.50. The molecule has 0 bridgehead atoms. The van der Waals surface area contributed by atoms with Gasteiger partial charge in [0, 0.05) is 25.9 Å². The Morgan fingerprint density at radius 1 is 1.16 bits per heavy atom. The third-order valence-corrected chi connectivity index (χ3v) is 8.49. The lowest BCUT2D eigenvalue weighted by molar-refractivity contribution is -0.146. The van der Waals surface area contributed by atoms with Gasteiger partial charge in [-0.3, -0.25) is 4.79 Å². The fourth-order valence-corrected chi connectivity index (χ4v) is 6.16. The van der Waals surface area contributed by atoms with Gasteiger partial charge in [0.1, 0.15) is 17.2 Å². The van der Waals surface area contributed by atoms with E-state index in [0.29, 0.717) is 24.8 Å². The molecule has 38 heavy (non-hydrogen) atoms. The Labute approximate surface area is 218 Å². The summed E-state index contributed by atoms with van der Waals surface area (Å²) in [5, 5.41) is 4.40. The number of halogens is 3. The van der Waals surface area contributed by atoms with E-state index in [-0.39, 0.29) is 29.1 Å². The molecule has 0 amide bonds. The molecule has 3 aliphatic rings. The first kappa shape index (κ1) is 25.0. The highest BCUT2D eigenvalue weighted by molar-refractivity contribution is 5.73. The SMILES string of the molecule is COC(=O)C(C)C(c1ccc2c(c1)OC1(CC2)CCN(c2ccc3nc(C(F)(F)F)cn3n2)CC1)C1CC1. The van der Waals surface area contributed by atoms with Crippen LogP contribution in [-0.2, 0) is 22.1 Å². The topological polar surface area (TPSA) is 69.0 Å². The maximum atomic E-state index is 13.0. The number of piperidine rings is 1. The highest BCUT2D eigenvalue weighted by Crippen LogP contribution is 2.49. The largest absolute Gasteiger partial charge is 0.487 e. The van der Waals surface area contributed by atoms with Gasteiger partial charge in [0.05, 0.1) is 19.2 Å². The average molecular weight is 529 g/mol. The lowest BCUT2D eigenvalue weighted by Gasteiger charge is -2.45. The van der Waals surface area contributed by atoms with Crippen molar-refractivity contribution >= 4 is 17.4 Å². The molecule has 1 aromatic carbocycles. The normalized spacial score (nSPS) is 20.6. The number of esters is 1. The molecule has 2 atom stereocenters. The Morgan fingerprint density at radius 2 is 1.92 bits per heavy atom. The van der Waals surface area contributed by atoms with Gasteiger partial charge in [0.25, 0.3) is 0 Å². The molecule has 1 saturated carbocycles. The summed E-state index contributed by atoms with van der Waals surface area (Å²) in [7, 11) is 1.44. The number of rotatable bonds is 5. The molecule has 1 aliphatic carbocycles. The number of ether oxygens (including phenoxy) is 2. The number of anilines is 1. The Kier molecular flexibility index (Phi) is 6.03. The van der Waals surface area contributed by atoms with Gasteiger partial charge in [-0.25, -0.2) is 9.50 Å². The number of fused-ring (bicyclic) bond motifs is 2. The van der Waals surface area contributed by atoms with Crippen LogP contribution in [-0.4, -0.2) is 46.4 Å². The fourth-order valence-electron chi connectivity index (χ4n) is 6.16. The summed E-state index contributed by atoms with van der Waals surface area (Å²) in [6.45, 7) is 3.34. The second kappa shape index (κ2) is 9.17. The first-order valence-corrected chi connectivity index (χ1v) is 13.2. The number of hydrogen-bond acceptors (Lipinski definition) is 6. The van der Waals surface area contributed by atoms with Crippen LogP contribution in [0.2, 0.25) is 0 Å². The van der Waals surface area contributed by atoms with Crippen molar-refractivity contribution in [1.82, 2.24) is 14.6 Å². The van der Waals surface area contributed by atoms with Gasteiger partial charge in [0.2, 0.25) is 0 Å². The summed E-state index contributed by atoms with van der Waals surface area (Å²) < 4.78 is 52.1. The van der Waals surface area contributed by atoms with Crippen molar-refractivity contribution in [2.45, 2.75) is 63.1 Å². The minimum Gasteiger partial charge on any atom is -0.487 e. The number of methoxy groups -OCH3 is 1. The smallest absolute Gasteiger partial charge is 0.434 e. The van der Waals surface area contributed by atoms with E-state index in [1.54, 1.807) is 12.1 Å². The molecule has 1 saturated heterocycles. The molecule has 0 radical (unpaired) electrons. The summed E-state index contributed by atoms with van der Waals surface area (Å²) >= 11 is 0. The predicted molar refractivity (Wildman–Crippen MR) is 134 cm³/mol. The van der Waals surface area contributed by atoms with Gasteiger partial charge < -0.3 is 14.4 Å². The van der Waals surface area contributed by atoms with E-state index in [9.17, 15) is 18.0 Å². The fraction of sp³-hybridized carbons (Fsp3) is 0.536. The second-order valence-corrected chi connectivity index (χ2v) is 10.9. The number of carbonyl (C=O) groups is 1. The molecular weight excluding hydrogens is 497 g/mol. The highest BCUT2D eigenvalue weighted by atomic mass is 19.4. The number of benzene rings is 1. The number of nitrogens with zero attached hydrogens (tertiary/aromatic N) is 4. The van der Waals surface area contributed by atoms with Crippen molar-refractivity contribution in [2.24, 2.45) is 11.8 Å². The van der Waals surface area contributed by atoms with Crippen molar-refractivity contribution in [1.29, 1.82) is 0 Å². The molecule has 7 nitrogen and oxygen atoms in total. The molecule has 202 valence electrons. The van der Waals surface area contributed by atoms with Crippen molar-refractivity contribution < 1.29 is 27.4 Å². The van der Waals surface area contributed by atoms with Crippen LogP contribution in [0.5, 0.6) is 5.75 Å². The zero-order valence-electron chi connectivity index (χ0n) is 21.5. The molecule has 2 unspecified atom stereocenters. The quantitative estimate of drug-likeness (QED) is 0.413. The van der Waals surface area contributed by atoms with Gasteiger partial charge in [-0.2, -0.15) is 13.2 Å². The minimum absolute atomic E-state index is 0.123. The molecule has 10 heteroatoms. The molecule has 6 rings (SSSR count). The third-order valence-electron chi connectivity index (χ3n) is 8.49. The number of carbonyl (C=O) groups excluding carboxylic acids is 1. The average Bonchev–Trinajstić information content (AvgIpc) is 3.63. The first-order valence-electron chi connectivity index (χ1n) is 13.2. The number of aromatic nitrogens is 3. The van der Waals surface area contributed by atoms with Crippen LogP contribution in [0.1, 0.15) is 61.8 Å². The van der Waals surface area contributed by atoms with Crippen LogP contribution in [0.3, 0.4) is 0 Å². The van der Waals surface area contributed by atoms with Crippen LogP contribution < -0.4 is 9.64 Å². The van der Waals surface area contributed by atoms with E-state index in [1.807, 2.05) is 6.92 Å². The van der Waals surface area contributed by atoms with Crippen LogP contribution in [0, 0.1) is 11.8 Å². The summed E-state index contributed by atoms with van der Waals surface area (Å²) in [6.07, 6.45) is 2.10. The second-order valence-electron chi connectivity index (χ2n) is 10.9. The maximum Gasteiger partial charge on any atom is 0.434 e. The summed E-state index contributed by atoms with van der Waals surface area (Å²) in [5.41, 5.74) is 1.26. The number of imidazole rings is 1. The van der Waals surface area contributed by atoms with E-state index in [0.717, 1.165) is 56.0 Å². The summed E-state index contributed by atoms with van der Waals surface area (Å²) in [4.78, 5) is 18.1. The Morgan fingerprint density at radius 3 is 2.61 bits per heavy atom. The molecule has 0 N–H and O–H groups in total. The lowest BCUT2D eigenvalue weighted by Crippen LogP contribution is -2.50. The van der Waals surface area contributed by atoms with Crippen molar-refractivity contribution in [3.63, 3.8) is 0 Å². The molecule has 4 heterocycles. The van der Waals surface area contributed by atoms with E-state index >= 15 is 0 Å². The molecule has 2 aromatic heterocycles. The number of hydrogen-bond donors (Lipinski definition) is 0. The molecular formula is C28H31F3N4O3. The van der Waals surface area contributed by atoms with Gasteiger partial charge in [-0.15, -0.1) is 5.10 Å².